The third-order valence-electron chi connectivity index (χ3n) is 3.93. The lowest BCUT2D eigenvalue weighted by Gasteiger charge is -2.29. The Balaban J connectivity index is 1.93. The number of rotatable bonds is 4. The zero-order chi connectivity index (χ0) is 14.5. The van der Waals surface area contributed by atoms with E-state index in [4.69, 9.17) is 4.74 Å². The Kier molecular flexibility index (Phi) is 4.95. The summed E-state index contributed by atoms with van der Waals surface area (Å²) in [6.07, 6.45) is 1.12. The first-order valence-corrected chi connectivity index (χ1v) is 6.94. The summed E-state index contributed by atoms with van der Waals surface area (Å²) in [5.41, 5.74) is 0.319. The van der Waals surface area contributed by atoms with Gasteiger partial charge in [-0.3, -0.25) is 4.79 Å². The monoisotopic (exact) mass is 280 g/mol. The van der Waals surface area contributed by atoms with E-state index in [0.29, 0.717) is 23.9 Å². The highest BCUT2D eigenvalue weighted by molar-refractivity contribution is 5.94. The largest absolute Gasteiger partial charge is 0.494 e. The summed E-state index contributed by atoms with van der Waals surface area (Å²) < 4.78 is 18.4. The van der Waals surface area contributed by atoms with Gasteiger partial charge >= 0.3 is 0 Å². The Hall–Kier alpha value is -1.62. The molecule has 110 valence electrons. The lowest BCUT2D eigenvalue weighted by atomic mass is 9.88. The fraction of sp³-hybridized carbons (Fsp3) is 0.533. The van der Waals surface area contributed by atoms with E-state index in [1.165, 1.54) is 19.2 Å². The molecule has 0 saturated carbocycles. The minimum Gasteiger partial charge on any atom is -0.494 e. The van der Waals surface area contributed by atoms with Crippen molar-refractivity contribution in [2.75, 3.05) is 26.7 Å². The Labute approximate surface area is 118 Å². The van der Waals surface area contributed by atoms with E-state index in [1.807, 2.05) is 0 Å². The van der Waals surface area contributed by atoms with Gasteiger partial charge in [-0.25, -0.2) is 4.39 Å². The summed E-state index contributed by atoms with van der Waals surface area (Å²) in [6, 6.07) is 4.24. The van der Waals surface area contributed by atoms with Gasteiger partial charge in [-0.05, 0) is 49.5 Å². The SMILES string of the molecule is COc1ccc(C(=O)NCC2CNCCC2C)cc1F. The second kappa shape index (κ2) is 6.70. The van der Waals surface area contributed by atoms with Gasteiger partial charge in [0, 0.05) is 12.1 Å². The number of halogens is 1. The summed E-state index contributed by atoms with van der Waals surface area (Å²) in [4.78, 5) is 12.0. The topological polar surface area (TPSA) is 50.4 Å². The van der Waals surface area contributed by atoms with Gasteiger partial charge < -0.3 is 15.4 Å². The highest BCUT2D eigenvalue weighted by Crippen LogP contribution is 2.19. The molecule has 1 aromatic carbocycles. The molecule has 0 spiro atoms. The van der Waals surface area contributed by atoms with Crippen LogP contribution in [0.2, 0.25) is 0 Å². The Bertz CT molecular complexity index is 479. The lowest BCUT2D eigenvalue weighted by Crippen LogP contribution is -2.42. The number of methoxy groups -OCH3 is 1. The summed E-state index contributed by atoms with van der Waals surface area (Å²) >= 11 is 0. The Morgan fingerprint density at radius 2 is 2.35 bits per heavy atom. The standard InChI is InChI=1S/C15H21FN2O2/c1-10-5-6-17-8-12(10)9-18-15(19)11-3-4-14(20-2)13(16)7-11/h3-4,7,10,12,17H,5-6,8-9H2,1-2H3,(H,18,19). The van der Waals surface area contributed by atoms with Crippen molar-refractivity contribution in [3.63, 3.8) is 0 Å². The first-order valence-electron chi connectivity index (χ1n) is 6.94. The third-order valence-corrected chi connectivity index (χ3v) is 3.93. The van der Waals surface area contributed by atoms with Crippen molar-refractivity contribution in [3.8, 4) is 5.75 Å². The van der Waals surface area contributed by atoms with Crippen LogP contribution in [0.5, 0.6) is 5.75 Å². The van der Waals surface area contributed by atoms with E-state index in [2.05, 4.69) is 17.6 Å². The van der Waals surface area contributed by atoms with Crippen molar-refractivity contribution in [2.45, 2.75) is 13.3 Å². The molecule has 2 N–H and O–H groups in total. The number of hydrogen-bond donors (Lipinski definition) is 2. The van der Waals surface area contributed by atoms with Gasteiger partial charge in [0.2, 0.25) is 0 Å². The molecule has 0 aromatic heterocycles. The van der Waals surface area contributed by atoms with Crippen LogP contribution >= 0.6 is 0 Å². The van der Waals surface area contributed by atoms with Gasteiger partial charge in [-0.2, -0.15) is 0 Å². The fourth-order valence-corrected chi connectivity index (χ4v) is 2.46. The number of benzene rings is 1. The molecule has 20 heavy (non-hydrogen) atoms. The molecule has 2 atom stereocenters. The van der Waals surface area contributed by atoms with Crippen molar-refractivity contribution in [2.24, 2.45) is 11.8 Å². The first kappa shape index (κ1) is 14.8. The molecule has 4 nitrogen and oxygen atoms in total. The fourth-order valence-electron chi connectivity index (χ4n) is 2.46. The van der Waals surface area contributed by atoms with E-state index in [1.54, 1.807) is 6.07 Å². The van der Waals surface area contributed by atoms with Crippen LogP contribution in [-0.2, 0) is 0 Å². The molecule has 0 aliphatic carbocycles. The minimum atomic E-state index is -0.521. The van der Waals surface area contributed by atoms with E-state index >= 15 is 0 Å². The van der Waals surface area contributed by atoms with Crippen LogP contribution in [0.4, 0.5) is 4.39 Å². The second-order valence-corrected chi connectivity index (χ2v) is 5.29. The number of nitrogens with one attached hydrogen (secondary N) is 2. The molecule has 1 aliphatic heterocycles. The molecule has 2 unspecified atom stereocenters. The molecular formula is C15H21FN2O2. The number of carbonyl (C=O) groups excluding carboxylic acids is 1. The lowest BCUT2D eigenvalue weighted by molar-refractivity contribution is 0.0938. The van der Waals surface area contributed by atoms with Crippen molar-refractivity contribution in [1.82, 2.24) is 10.6 Å². The number of piperidine rings is 1. The minimum absolute atomic E-state index is 0.145. The summed E-state index contributed by atoms with van der Waals surface area (Å²) in [5.74, 6) is 0.392. The maximum atomic E-state index is 13.6. The van der Waals surface area contributed by atoms with Crippen LogP contribution in [0, 0.1) is 17.7 Å². The van der Waals surface area contributed by atoms with Gasteiger partial charge in [0.1, 0.15) is 0 Å². The zero-order valence-corrected chi connectivity index (χ0v) is 11.9. The predicted molar refractivity (Wildman–Crippen MR) is 75.4 cm³/mol. The maximum absolute atomic E-state index is 13.6. The number of carbonyl (C=O) groups is 1. The molecule has 2 rings (SSSR count). The van der Waals surface area contributed by atoms with E-state index < -0.39 is 5.82 Å². The Morgan fingerprint density at radius 1 is 1.55 bits per heavy atom. The third kappa shape index (κ3) is 3.48. The van der Waals surface area contributed by atoms with Crippen LogP contribution in [0.25, 0.3) is 0 Å². The molecule has 1 aromatic rings. The number of amides is 1. The average molecular weight is 280 g/mol. The van der Waals surface area contributed by atoms with Crippen LogP contribution < -0.4 is 15.4 Å². The van der Waals surface area contributed by atoms with Gasteiger partial charge in [0.15, 0.2) is 11.6 Å². The molecule has 0 bridgehead atoms. The molecule has 5 heteroatoms. The van der Waals surface area contributed by atoms with Crippen molar-refractivity contribution in [1.29, 1.82) is 0 Å². The molecular weight excluding hydrogens is 259 g/mol. The molecule has 1 fully saturated rings. The predicted octanol–water partition coefficient (Wildman–Crippen LogP) is 1.81. The average Bonchev–Trinajstić information content (AvgIpc) is 2.46. The summed E-state index contributed by atoms with van der Waals surface area (Å²) in [6.45, 7) is 4.76. The highest BCUT2D eigenvalue weighted by atomic mass is 19.1. The van der Waals surface area contributed by atoms with Crippen LogP contribution in [0.15, 0.2) is 18.2 Å². The van der Waals surface area contributed by atoms with Crippen molar-refractivity contribution >= 4 is 5.91 Å². The smallest absolute Gasteiger partial charge is 0.251 e. The van der Waals surface area contributed by atoms with Gasteiger partial charge in [0.05, 0.1) is 7.11 Å². The zero-order valence-electron chi connectivity index (χ0n) is 11.9. The normalized spacial score (nSPS) is 22.4. The Morgan fingerprint density at radius 3 is 3.00 bits per heavy atom. The van der Waals surface area contributed by atoms with Crippen molar-refractivity contribution < 1.29 is 13.9 Å². The highest BCUT2D eigenvalue weighted by Gasteiger charge is 2.21. The summed E-state index contributed by atoms with van der Waals surface area (Å²) in [5, 5.41) is 6.20. The van der Waals surface area contributed by atoms with Gasteiger partial charge in [0.25, 0.3) is 5.91 Å². The molecule has 1 saturated heterocycles. The summed E-state index contributed by atoms with van der Waals surface area (Å²) in [7, 11) is 1.40. The van der Waals surface area contributed by atoms with Gasteiger partial charge in [-0.1, -0.05) is 6.92 Å². The maximum Gasteiger partial charge on any atom is 0.251 e. The molecule has 1 heterocycles. The van der Waals surface area contributed by atoms with Crippen LogP contribution in [0.3, 0.4) is 0 Å². The molecule has 1 amide bonds. The first-order chi connectivity index (χ1) is 9.61. The van der Waals surface area contributed by atoms with Crippen molar-refractivity contribution in [3.05, 3.63) is 29.6 Å². The number of ether oxygens (including phenoxy) is 1. The number of hydrogen-bond acceptors (Lipinski definition) is 3. The van der Waals surface area contributed by atoms with Crippen LogP contribution in [0.1, 0.15) is 23.7 Å². The van der Waals surface area contributed by atoms with E-state index in [-0.39, 0.29) is 11.7 Å². The van der Waals surface area contributed by atoms with E-state index in [0.717, 1.165) is 19.5 Å². The molecule has 1 aliphatic rings. The van der Waals surface area contributed by atoms with E-state index in [9.17, 15) is 9.18 Å². The second-order valence-electron chi connectivity index (χ2n) is 5.29. The van der Waals surface area contributed by atoms with Gasteiger partial charge in [-0.15, -0.1) is 0 Å². The quantitative estimate of drug-likeness (QED) is 0.884. The van der Waals surface area contributed by atoms with Crippen LogP contribution in [-0.4, -0.2) is 32.7 Å². The molecule has 0 radical (unpaired) electrons.